The molecule has 20 heavy (non-hydrogen) atoms. The van der Waals surface area contributed by atoms with Crippen LogP contribution in [-0.2, 0) is 13.1 Å². The van der Waals surface area contributed by atoms with Gasteiger partial charge in [0.15, 0.2) is 0 Å². The molecule has 1 heterocycles. The van der Waals surface area contributed by atoms with Gasteiger partial charge < -0.3 is 9.73 Å². The molecule has 1 aromatic rings. The minimum absolute atomic E-state index is 0.605. The molecule has 0 amide bonds. The highest BCUT2D eigenvalue weighted by molar-refractivity contribution is 5.20. The Bertz CT molecular complexity index is 384. The first-order chi connectivity index (χ1) is 9.47. The Balaban J connectivity index is 2.59. The molecule has 3 nitrogen and oxygen atoms in total. The summed E-state index contributed by atoms with van der Waals surface area (Å²) < 4.78 is 6.02. The molecule has 0 spiro atoms. The van der Waals surface area contributed by atoms with Gasteiger partial charge in [-0.15, -0.1) is 0 Å². The number of hydrogen-bond donors (Lipinski definition) is 1. The minimum atomic E-state index is 0.605. The van der Waals surface area contributed by atoms with Crippen molar-refractivity contribution >= 4 is 0 Å². The lowest BCUT2D eigenvalue weighted by Gasteiger charge is -2.25. The van der Waals surface area contributed by atoms with Crippen molar-refractivity contribution in [2.75, 3.05) is 13.1 Å². The van der Waals surface area contributed by atoms with Crippen LogP contribution >= 0.6 is 0 Å². The quantitative estimate of drug-likeness (QED) is 0.742. The smallest absolute Gasteiger partial charge is 0.120 e. The monoisotopic (exact) mass is 280 g/mol. The van der Waals surface area contributed by atoms with Crippen LogP contribution in [0.5, 0.6) is 0 Å². The van der Waals surface area contributed by atoms with Gasteiger partial charge in [0, 0.05) is 6.04 Å². The van der Waals surface area contributed by atoms with Crippen molar-refractivity contribution in [1.29, 1.82) is 0 Å². The second-order valence-corrected chi connectivity index (χ2v) is 6.16. The van der Waals surface area contributed by atoms with Gasteiger partial charge in [-0.05, 0) is 50.9 Å². The Labute approximate surface area is 124 Å². The summed E-state index contributed by atoms with van der Waals surface area (Å²) in [7, 11) is 0. The zero-order chi connectivity index (χ0) is 15.1. The first kappa shape index (κ1) is 17.3. The largest absolute Gasteiger partial charge is 0.463 e. The Kier molecular flexibility index (Phi) is 7.31. The van der Waals surface area contributed by atoms with Gasteiger partial charge in [-0.3, -0.25) is 4.90 Å². The summed E-state index contributed by atoms with van der Waals surface area (Å²) in [5.41, 5.74) is 1.26. The fourth-order valence-electron chi connectivity index (χ4n) is 2.36. The summed E-state index contributed by atoms with van der Waals surface area (Å²) in [5, 5.41) is 3.45. The molecule has 0 radical (unpaired) electrons. The number of nitrogens with zero attached hydrogens (tertiary/aromatic N) is 1. The van der Waals surface area contributed by atoms with E-state index in [0.717, 1.165) is 37.7 Å². The van der Waals surface area contributed by atoms with Crippen LogP contribution in [0.2, 0.25) is 0 Å². The van der Waals surface area contributed by atoms with Gasteiger partial charge in [-0.1, -0.05) is 27.7 Å². The van der Waals surface area contributed by atoms with Gasteiger partial charge in [-0.25, -0.2) is 0 Å². The molecule has 1 N–H and O–H groups in total. The molecule has 0 bridgehead atoms. The van der Waals surface area contributed by atoms with E-state index in [-0.39, 0.29) is 0 Å². The van der Waals surface area contributed by atoms with Gasteiger partial charge in [0.2, 0.25) is 0 Å². The summed E-state index contributed by atoms with van der Waals surface area (Å²) in [6.07, 6.45) is 1.18. The molecule has 1 aromatic heterocycles. The molecule has 0 aliphatic heterocycles. The maximum absolute atomic E-state index is 6.02. The number of furan rings is 1. The first-order valence-electron chi connectivity index (χ1n) is 8.00. The van der Waals surface area contributed by atoms with Crippen molar-refractivity contribution in [3.63, 3.8) is 0 Å². The van der Waals surface area contributed by atoms with Gasteiger partial charge in [0.25, 0.3) is 0 Å². The third kappa shape index (κ3) is 5.29. The van der Waals surface area contributed by atoms with Crippen LogP contribution < -0.4 is 5.32 Å². The zero-order valence-electron chi connectivity index (χ0n) is 14.1. The molecule has 0 saturated heterocycles. The molecular formula is C17H32N2O. The van der Waals surface area contributed by atoms with Crippen molar-refractivity contribution in [3.8, 4) is 0 Å². The summed E-state index contributed by atoms with van der Waals surface area (Å²) in [5.74, 6) is 2.84. The molecule has 1 rings (SSSR count). The van der Waals surface area contributed by atoms with E-state index in [9.17, 15) is 0 Å². The molecule has 1 unspecified atom stereocenters. The number of hydrogen-bond acceptors (Lipinski definition) is 3. The van der Waals surface area contributed by atoms with Crippen LogP contribution in [-0.4, -0.2) is 24.0 Å². The fraction of sp³-hybridized carbons (Fsp3) is 0.765. The molecule has 0 aromatic carbocycles. The van der Waals surface area contributed by atoms with E-state index >= 15 is 0 Å². The minimum Gasteiger partial charge on any atom is -0.463 e. The number of aryl methyl sites for hydroxylation is 1. The number of rotatable bonds is 9. The second kappa shape index (κ2) is 8.48. The average Bonchev–Trinajstić information content (AvgIpc) is 2.75. The van der Waals surface area contributed by atoms with E-state index in [1.165, 1.54) is 12.0 Å². The molecule has 116 valence electrons. The van der Waals surface area contributed by atoms with Crippen LogP contribution in [0, 0.1) is 12.8 Å². The van der Waals surface area contributed by atoms with Gasteiger partial charge in [0.1, 0.15) is 11.5 Å². The molecule has 1 atom stereocenters. The predicted octanol–water partition coefficient (Wildman–Crippen LogP) is 3.95. The molecule has 0 saturated carbocycles. The highest BCUT2D eigenvalue weighted by Crippen LogP contribution is 2.18. The lowest BCUT2D eigenvalue weighted by molar-refractivity contribution is 0.189. The summed E-state index contributed by atoms with van der Waals surface area (Å²) >= 11 is 0. The van der Waals surface area contributed by atoms with Crippen molar-refractivity contribution in [2.45, 2.75) is 67.1 Å². The van der Waals surface area contributed by atoms with E-state index in [1.54, 1.807) is 0 Å². The van der Waals surface area contributed by atoms with E-state index in [4.69, 9.17) is 4.42 Å². The highest BCUT2D eigenvalue weighted by Gasteiger charge is 2.14. The summed E-state index contributed by atoms with van der Waals surface area (Å²) in [6.45, 7) is 17.2. The van der Waals surface area contributed by atoms with Gasteiger partial charge in [0.05, 0.1) is 13.1 Å². The topological polar surface area (TPSA) is 28.4 Å². The fourth-order valence-corrected chi connectivity index (χ4v) is 2.36. The van der Waals surface area contributed by atoms with Crippen LogP contribution in [0.3, 0.4) is 0 Å². The first-order valence-corrected chi connectivity index (χ1v) is 8.00. The van der Waals surface area contributed by atoms with Gasteiger partial charge >= 0.3 is 0 Å². The lowest BCUT2D eigenvalue weighted by atomic mass is 10.2. The van der Waals surface area contributed by atoms with Crippen molar-refractivity contribution in [2.24, 2.45) is 5.92 Å². The SMILES string of the molecule is CCC(C)N(CC)Cc1cc(C)c(CNCC(C)C)o1. The summed E-state index contributed by atoms with van der Waals surface area (Å²) in [6, 6.07) is 2.80. The van der Waals surface area contributed by atoms with Gasteiger partial charge in [-0.2, -0.15) is 0 Å². The standard InChI is InChI=1S/C17H32N2O/c1-7-15(6)19(8-2)12-16-9-14(5)17(20-16)11-18-10-13(3)4/h9,13,15,18H,7-8,10-12H2,1-6H3. The van der Waals surface area contributed by atoms with Crippen LogP contribution in [0.15, 0.2) is 10.5 Å². The maximum atomic E-state index is 6.02. The predicted molar refractivity (Wildman–Crippen MR) is 85.8 cm³/mol. The second-order valence-electron chi connectivity index (χ2n) is 6.16. The Morgan fingerprint density at radius 3 is 2.50 bits per heavy atom. The average molecular weight is 280 g/mol. The van der Waals surface area contributed by atoms with Crippen LogP contribution in [0.25, 0.3) is 0 Å². The maximum Gasteiger partial charge on any atom is 0.120 e. The van der Waals surface area contributed by atoms with E-state index in [2.05, 4.69) is 57.8 Å². The van der Waals surface area contributed by atoms with E-state index < -0.39 is 0 Å². The molecule has 0 aliphatic rings. The Hall–Kier alpha value is -0.800. The molecule has 0 aliphatic carbocycles. The van der Waals surface area contributed by atoms with Crippen molar-refractivity contribution < 1.29 is 4.42 Å². The Morgan fingerprint density at radius 2 is 1.95 bits per heavy atom. The lowest BCUT2D eigenvalue weighted by Crippen LogP contribution is -2.31. The number of nitrogens with one attached hydrogen (secondary N) is 1. The molecular weight excluding hydrogens is 248 g/mol. The summed E-state index contributed by atoms with van der Waals surface area (Å²) in [4.78, 5) is 2.46. The highest BCUT2D eigenvalue weighted by atomic mass is 16.3. The van der Waals surface area contributed by atoms with Crippen LogP contribution in [0.4, 0.5) is 0 Å². The third-order valence-electron chi connectivity index (χ3n) is 3.89. The molecule has 0 fully saturated rings. The van der Waals surface area contributed by atoms with E-state index in [0.29, 0.717) is 12.0 Å². The zero-order valence-corrected chi connectivity index (χ0v) is 14.1. The third-order valence-corrected chi connectivity index (χ3v) is 3.89. The van der Waals surface area contributed by atoms with E-state index in [1.807, 2.05) is 0 Å². The van der Waals surface area contributed by atoms with Crippen LogP contribution in [0.1, 0.15) is 58.1 Å². The molecule has 3 heteroatoms. The van der Waals surface area contributed by atoms with Crippen molar-refractivity contribution in [3.05, 3.63) is 23.2 Å². The Morgan fingerprint density at radius 1 is 1.25 bits per heavy atom. The normalized spacial score (nSPS) is 13.4. The van der Waals surface area contributed by atoms with Crippen molar-refractivity contribution in [1.82, 2.24) is 10.2 Å².